The lowest BCUT2D eigenvalue weighted by Crippen LogP contribution is -2.45. The van der Waals surface area contributed by atoms with E-state index in [4.69, 9.17) is 9.47 Å². The average molecular weight is 305 g/mol. The van der Waals surface area contributed by atoms with E-state index in [0.717, 1.165) is 38.4 Å². The molecule has 1 aliphatic heterocycles. The van der Waals surface area contributed by atoms with Gasteiger partial charge in [-0.3, -0.25) is 4.90 Å². The van der Waals surface area contributed by atoms with Gasteiger partial charge in [0.25, 0.3) is 0 Å². The van der Waals surface area contributed by atoms with Crippen LogP contribution in [-0.4, -0.2) is 43.3 Å². The Labute approximate surface area is 135 Å². The van der Waals surface area contributed by atoms with Crippen LogP contribution in [0.3, 0.4) is 0 Å². The van der Waals surface area contributed by atoms with Crippen LogP contribution in [0.25, 0.3) is 0 Å². The van der Waals surface area contributed by atoms with Crippen LogP contribution in [0.5, 0.6) is 5.75 Å². The monoisotopic (exact) mass is 305 g/mol. The summed E-state index contributed by atoms with van der Waals surface area (Å²) in [6.45, 7) is 14.8. The van der Waals surface area contributed by atoms with Crippen molar-refractivity contribution in [3.8, 4) is 5.75 Å². The van der Waals surface area contributed by atoms with Crippen molar-refractivity contribution in [1.82, 2.24) is 4.90 Å². The molecule has 3 nitrogen and oxygen atoms in total. The molecule has 0 saturated carbocycles. The Bertz CT molecular complexity index is 463. The van der Waals surface area contributed by atoms with Gasteiger partial charge in [-0.2, -0.15) is 0 Å². The highest BCUT2D eigenvalue weighted by Crippen LogP contribution is 2.27. The third kappa shape index (κ3) is 4.99. The van der Waals surface area contributed by atoms with Crippen LogP contribution >= 0.6 is 0 Å². The number of ether oxygens (including phenoxy) is 2. The maximum absolute atomic E-state index is 6.07. The van der Waals surface area contributed by atoms with Crippen LogP contribution in [0.15, 0.2) is 18.2 Å². The highest BCUT2D eigenvalue weighted by molar-refractivity contribution is 5.39. The van der Waals surface area contributed by atoms with Gasteiger partial charge in [-0.25, -0.2) is 0 Å². The van der Waals surface area contributed by atoms with Crippen LogP contribution in [0.2, 0.25) is 0 Å². The third-order valence-electron chi connectivity index (χ3n) is 4.16. The molecule has 0 N–H and O–H groups in total. The predicted molar refractivity (Wildman–Crippen MR) is 91.8 cm³/mol. The number of aryl methyl sites for hydroxylation is 1. The van der Waals surface area contributed by atoms with Gasteiger partial charge in [-0.05, 0) is 50.3 Å². The lowest BCUT2D eigenvalue weighted by atomic mass is 10.0. The SMILES string of the molecule is Cc1ccc(C(C)C)c(OCCCN2C[C@H](C)O[C@@H](C)C2)c1. The second-order valence-corrected chi connectivity index (χ2v) is 6.91. The molecule has 1 aliphatic rings. The van der Waals surface area contributed by atoms with E-state index in [1.807, 2.05) is 0 Å². The Balaban J connectivity index is 1.80. The molecule has 124 valence electrons. The van der Waals surface area contributed by atoms with Gasteiger partial charge >= 0.3 is 0 Å². The summed E-state index contributed by atoms with van der Waals surface area (Å²) >= 11 is 0. The van der Waals surface area contributed by atoms with Gasteiger partial charge in [0.15, 0.2) is 0 Å². The quantitative estimate of drug-likeness (QED) is 0.742. The van der Waals surface area contributed by atoms with Crippen molar-refractivity contribution in [2.24, 2.45) is 0 Å². The van der Waals surface area contributed by atoms with E-state index in [1.54, 1.807) is 0 Å². The minimum Gasteiger partial charge on any atom is -0.493 e. The van der Waals surface area contributed by atoms with Crippen molar-refractivity contribution in [1.29, 1.82) is 0 Å². The minimum absolute atomic E-state index is 0.342. The van der Waals surface area contributed by atoms with E-state index in [1.165, 1.54) is 11.1 Å². The molecule has 0 unspecified atom stereocenters. The van der Waals surface area contributed by atoms with E-state index < -0.39 is 0 Å². The topological polar surface area (TPSA) is 21.7 Å². The van der Waals surface area contributed by atoms with Gasteiger partial charge in [-0.1, -0.05) is 26.0 Å². The van der Waals surface area contributed by atoms with Crippen molar-refractivity contribution in [3.63, 3.8) is 0 Å². The van der Waals surface area contributed by atoms with Gasteiger partial charge in [0, 0.05) is 19.6 Å². The largest absolute Gasteiger partial charge is 0.493 e. The number of rotatable bonds is 6. The molecule has 2 atom stereocenters. The average Bonchev–Trinajstić information content (AvgIpc) is 2.42. The number of nitrogens with zero attached hydrogens (tertiary/aromatic N) is 1. The highest BCUT2D eigenvalue weighted by atomic mass is 16.5. The fraction of sp³-hybridized carbons (Fsp3) is 0.684. The highest BCUT2D eigenvalue weighted by Gasteiger charge is 2.21. The van der Waals surface area contributed by atoms with Crippen molar-refractivity contribution in [2.45, 2.75) is 59.2 Å². The van der Waals surface area contributed by atoms with Gasteiger partial charge in [0.2, 0.25) is 0 Å². The van der Waals surface area contributed by atoms with E-state index in [0.29, 0.717) is 18.1 Å². The lowest BCUT2D eigenvalue weighted by Gasteiger charge is -2.35. The molecule has 1 heterocycles. The molecular weight excluding hydrogens is 274 g/mol. The summed E-state index contributed by atoms with van der Waals surface area (Å²) in [7, 11) is 0. The Morgan fingerprint density at radius 2 is 1.91 bits per heavy atom. The van der Waals surface area contributed by atoms with Crippen LogP contribution in [-0.2, 0) is 4.74 Å². The Kier molecular flexibility index (Phi) is 6.27. The van der Waals surface area contributed by atoms with E-state index in [-0.39, 0.29) is 0 Å². The number of hydrogen-bond acceptors (Lipinski definition) is 3. The minimum atomic E-state index is 0.342. The fourth-order valence-corrected chi connectivity index (χ4v) is 3.18. The molecule has 2 rings (SSSR count). The summed E-state index contributed by atoms with van der Waals surface area (Å²) in [5.74, 6) is 1.55. The summed E-state index contributed by atoms with van der Waals surface area (Å²) < 4.78 is 11.8. The molecule has 0 radical (unpaired) electrons. The summed E-state index contributed by atoms with van der Waals surface area (Å²) in [5.41, 5.74) is 2.56. The summed E-state index contributed by atoms with van der Waals surface area (Å²) in [6.07, 6.45) is 1.74. The maximum atomic E-state index is 6.07. The first-order valence-corrected chi connectivity index (χ1v) is 8.57. The smallest absolute Gasteiger partial charge is 0.122 e. The zero-order valence-electron chi connectivity index (χ0n) is 14.8. The Hall–Kier alpha value is -1.06. The molecule has 0 amide bonds. The number of hydrogen-bond donors (Lipinski definition) is 0. The second-order valence-electron chi connectivity index (χ2n) is 6.91. The van der Waals surface area contributed by atoms with Crippen molar-refractivity contribution in [3.05, 3.63) is 29.3 Å². The first-order valence-electron chi connectivity index (χ1n) is 8.57. The second kappa shape index (κ2) is 7.98. The maximum Gasteiger partial charge on any atom is 0.122 e. The number of morpholine rings is 1. The first-order chi connectivity index (χ1) is 10.5. The van der Waals surface area contributed by atoms with Crippen molar-refractivity contribution < 1.29 is 9.47 Å². The molecule has 0 bridgehead atoms. The van der Waals surface area contributed by atoms with Crippen LogP contribution in [0.1, 0.15) is 51.2 Å². The molecule has 1 aromatic rings. The summed E-state index contributed by atoms with van der Waals surface area (Å²) in [4.78, 5) is 2.49. The molecule has 1 saturated heterocycles. The molecule has 1 fully saturated rings. The van der Waals surface area contributed by atoms with Crippen LogP contribution in [0, 0.1) is 6.92 Å². The summed E-state index contributed by atoms with van der Waals surface area (Å²) in [5, 5.41) is 0. The van der Waals surface area contributed by atoms with Crippen LogP contribution < -0.4 is 4.74 Å². The van der Waals surface area contributed by atoms with E-state index in [9.17, 15) is 0 Å². The van der Waals surface area contributed by atoms with Gasteiger partial charge in [-0.15, -0.1) is 0 Å². The van der Waals surface area contributed by atoms with Crippen molar-refractivity contribution in [2.75, 3.05) is 26.2 Å². The molecule has 22 heavy (non-hydrogen) atoms. The molecule has 0 aliphatic carbocycles. The summed E-state index contributed by atoms with van der Waals surface area (Å²) in [6, 6.07) is 6.52. The zero-order valence-corrected chi connectivity index (χ0v) is 14.8. The fourth-order valence-electron chi connectivity index (χ4n) is 3.18. The van der Waals surface area contributed by atoms with Crippen LogP contribution in [0.4, 0.5) is 0 Å². The van der Waals surface area contributed by atoms with E-state index >= 15 is 0 Å². The standard InChI is InChI=1S/C19H31NO2/c1-14(2)18-8-7-15(3)11-19(18)21-10-6-9-20-12-16(4)22-17(5)13-20/h7-8,11,14,16-17H,6,9-10,12-13H2,1-5H3/t16-,17-/m0/s1. The molecule has 3 heteroatoms. The van der Waals surface area contributed by atoms with Gasteiger partial charge in [0.1, 0.15) is 5.75 Å². The molecular formula is C19H31NO2. The molecule has 1 aromatic carbocycles. The first kappa shape index (κ1) is 17.3. The van der Waals surface area contributed by atoms with Crippen molar-refractivity contribution >= 4 is 0 Å². The van der Waals surface area contributed by atoms with E-state index in [2.05, 4.69) is 57.7 Å². The Morgan fingerprint density at radius 1 is 1.23 bits per heavy atom. The molecule has 0 spiro atoms. The molecule has 0 aromatic heterocycles. The number of benzene rings is 1. The normalized spacial score (nSPS) is 23.0. The third-order valence-corrected chi connectivity index (χ3v) is 4.16. The lowest BCUT2D eigenvalue weighted by molar-refractivity contribution is -0.0686. The Morgan fingerprint density at radius 3 is 2.55 bits per heavy atom. The van der Waals surface area contributed by atoms with Gasteiger partial charge < -0.3 is 9.47 Å². The van der Waals surface area contributed by atoms with Gasteiger partial charge in [0.05, 0.1) is 18.8 Å². The predicted octanol–water partition coefficient (Wildman–Crippen LogP) is 4.00. The zero-order chi connectivity index (χ0) is 16.1.